The highest BCUT2D eigenvalue weighted by Gasteiger charge is 2.22. The highest BCUT2D eigenvalue weighted by Crippen LogP contribution is 2.17. The molecule has 2 amide bonds. The molecule has 1 saturated heterocycles. The lowest BCUT2D eigenvalue weighted by Crippen LogP contribution is -3.14. The Hall–Kier alpha value is -2.66. The van der Waals surface area contributed by atoms with Gasteiger partial charge in [-0.25, -0.2) is 0 Å². The lowest BCUT2D eigenvalue weighted by molar-refractivity contribution is -0.900. The van der Waals surface area contributed by atoms with Gasteiger partial charge in [0.25, 0.3) is 11.8 Å². The van der Waals surface area contributed by atoms with Crippen LogP contribution in [0.2, 0.25) is 0 Å². The average Bonchev–Trinajstić information content (AvgIpc) is 2.63. The van der Waals surface area contributed by atoms with Crippen molar-refractivity contribution in [3.05, 3.63) is 60.2 Å². The van der Waals surface area contributed by atoms with Crippen molar-refractivity contribution < 1.29 is 14.5 Å². The maximum absolute atomic E-state index is 12.6. The van der Waals surface area contributed by atoms with E-state index in [2.05, 4.69) is 17.6 Å². The Bertz CT molecular complexity index is 761. The molecular formula is C21H26N3O2+. The summed E-state index contributed by atoms with van der Waals surface area (Å²) in [6, 6.07) is 16.4. The van der Waals surface area contributed by atoms with E-state index in [0.29, 0.717) is 23.7 Å². The van der Waals surface area contributed by atoms with Crippen LogP contribution in [0.15, 0.2) is 54.6 Å². The number of nitrogens with one attached hydrogen (secondary N) is 3. The van der Waals surface area contributed by atoms with Crippen LogP contribution >= 0.6 is 0 Å². The van der Waals surface area contributed by atoms with E-state index < -0.39 is 0 Å². The summed E-state index contributed by atoms with van der Waals surface area (Å²) in [6.07, 6.45) is 2.41. The third-order valence-electron chi connectivity index (χ3n) is 4.75. The second-order valence-corrected chi connectivity index (χ2v) is 7.04. The van der Waals surface area contributed by atoms with Crippen molar-refractivity contribution in [1.29, 1.82) is 0 Å². The molecule has 3 rings (SSSR count). The number of benzene rings is 2. The van der Waals surface area contributed by atoms with Gasteiger partial charge in [0.1, 0.15) is 0 Å². The molecule has 1 aliphatic rings. The maximum atomic E-state index is 12.6. The van der Waals surface area contributed by atoms with Crippen LogP contribution in [-0.4, -0.2) is 31.4 Å². The molecule has 136 valence electrons. The van der Waals surface area contributed by atoms with Gasteiger partial charge < -0.3 is 15.5 Å². The number of anilines is 2. The highest BCUT2D eigenvalue weighted by molar-refractivity contribution is 6.10. The van der Waals surface area contributed by atoms with Crippen LogP contribution in [0.1, 0.15) is 30.1 Å². The second-order valence-electron chi connectivity index (χ2n) is 7.04. The number of piperidine rings is 1. The third-order valence-corrected chi connectivity index (χ3v) is 4.75. The molecule has 0 saturated carbocycles. The summed E-state index contributed by atoms with van der Waals surface area (Å²) >= 11 is 0. The van der Waals surface area contributed by atoms with Crippen LogP contribution < -0.4 is 15.5 Å². The van der Waals surface area contributed by atoms with Crippen LogP contribution in [0, 0.1) is 5.92 Å². The van der Waals surface area contributed by atoms with Gasteiger partial charge in [-0.2, -0.15) is 0 Å². The van der Waals surface area contributed by atoms with Gasteiger partial charge in [-0.05, 0) is 37.1 Å². The number of hydrogen-bond acceptors (Lipinski definition) is 2. The zero-order valence-corrected chi connectivity index (χ0v) is 15.1. The number of carbonyl (C=O) groups excluding carboxylic acids is 2. The lowest BCUT2D eigenvalue weighted by atomic mass is 10.0. The highest BCUT2D eigenvalue weighted by atomic mass is 16.2. The molecule has 0 spiro atoms. The Morgan fingerprint density at radius 2 is 1.77 bits per heavy atom. The predicted octanol–water partition coefficient (Wildman–Crippen LogP) is 2.19. The van der Waals surface area contributed by atoms with Gasteiger partial charge in [0.2, 0.25) is 0 Å². The number of likely N-dealkylation sites (tertiary alicyclic amines) is 1. The van der Waals surface area contributed by atoms with Gasteiger partial charge >= 0.3 is 0 Å². The second kappa shape index (κ2) is 8.63. The molecular weight excluding hydrogens is 326 g/mol. The summed E-state index contributed by atoms with van der Waals surface area (Å²) in [5.41, 5.74) is 1.74. The van der Waals surface area contributed by atoms with Crippen molar-refractivity contribution in [3.8, 4) is 0 Å². The van der Waals surface area contributed by atoms with Crippen molar-refractivity contribution in [2.45, 2.75) is 19.8 Å². The number of amides is 2. The van der Waals surface area contributed by atoms with Gasteiger partial charge in [-0.15, -0.1) is 0 Å². The van der Waals surface area contributed by atoms with Crippen molar-refractivity contribution >= 4 is 23.2 Å². The Balaban J connectivity index is 1.65. The van der Waals surface area contributed by atoms with Crippen LogP contribution in [0.5, 0.6) is 0 Å². The minimum absolute atomic E-state index is 0.0472. The Morgan fingerprint density at radius 3 is 2.54 bits per heavy atom. The molecule has 1 heterocycles. The first-order valence-corrected chi connectivity index (χ1v) is 9.20. The molecule has 1 unspecified atom stereocenters. The molecule has 2 aromatic rings. The first-order chi connectivity index (χ1) is 12.6. The molecule has 0 aliphatic carbocycles. The summed E-state index contributed by atoms with van der Waals surface area (Å²) in [4.78, 5) is 26.4. The standard InChI is InChI=1S/C21H25N3O2/c1-16-8-7-13-24(14-16)15-20(25)23-19-12-6-5-11-18(19)21(26)22-17-9-3-2-4-10-17/h2-6,9-12,16H,7-8,13-15H2,1H3,(H,22,26)(H,23,25)/p+1/t16-/m0/s1. The van der Waals surface area contributed by atoms with E-state index in [1.165, 1.54) is 17.7 Å². The summed E-state index contributed by atoms with van der Waals surface area (Å²) in [5, 5.41) is 5.78. The average molecular weight is 352 g/mol. The van der Waals surface area contributed by atoms with Crippen molar-refractivity contribution in [1.82, 2.24) is 0 Å². The number of rotatable bonds is 5. The van der Waals surface area contributed by atoms with Gasteiger partial charge in [0.05, 0.1) is 24.3 Å². The zero-order chi connectivity index (χ0) is 18.4. The summed E-state index contributed by atoms with van der Waals surface area (Å²) < 4.78 is 0. The summed E-state index contributed by atoms with van der Waals surface area (Å²) in [6.45, 7) is 4.75. The third kappa shape index (κ3) is 4.92. The first kappa shape index (κ1) is 18.1. The first-order valence-electron chi connectivity index (χ1n) is 9.20. The molecule has 0 radical (unpaired) electrons. The molecule has 0 bridgehead atoms. The lowest BCUT2D eigenvalue weighted by Gasteiger charge is -2.27. The van der Waals surface area contributed by atoms with Gasteiger partial charge in [0.15, 0.2) is 6.54 Å². The number of quaternary nitrogens is 1. The minimum Gasteiger partial charge on any atom is -0.327 e. The quantitative estimate of drug-likeness (QED) is 0.772. The fourth-order valence-electron chi connectivity index (χ4n) is 3.49. The smallest absolute Gasteiger partial charge is 0.279 e. The zero-order valence-electron chi connectivity index (χ0n) is 15.1. The summed E-state index contributed by atoms with van der Waals surface area (Å²) in [7, 11) is 0. The normalized spacial score (nSPS) is 19.6. The Kier molecular flexibility index (Phi) is 6.02. The monoisotopic (exact) mass is 352 g/mol. The summed E-state index contributed by atoms with van der Waals surface area (Å²) in [5.74, 6) is 0.385. The van der Waals surface area contributed by atoms with Crippen LogP contribution in [0.3, 0.4) is 0 Å². The fourth-order valence-corrected chi connectivity index (χ4v) is 3.49. The van der Waals surface area contributed by atoms with Crippen molar-refractivity contribution in [2.24, 2.45) is 5.92 Å². The number of hydrogen-bond donors (Lipinski definition) is 3. The fraction of sp³-hybridized carbons (Fsp3) is 0.333. The molecule has 26 heavy (non-hydrogen) atoms. The Morgan fingerprint density at radius 1 is 1.04 bits per heavy atom. The van der Waals surface area contributed by atoms with E-state index in [1.54, 1.807) is 18.2 Å². The molecule has 1 fully saturated rings. The SMILES string of the molecule is C[C@H]1CCC[NH+](CC(=O)Nc2ccccc2C(=O)Nc2ccccc2)C1. The topological polar surface area (TPSA) is 62.6 Å². The molecule has 5 nitrogen and oxygen atoms in total. The molecule has 3 N–H and O–H groups in total. The van der Waals surface area contributed by atoms with Crippen molar-refractivity contribution in [2.75, 3.05) is 30.3 Å². The molecule has 2 aromatic carbocycles. The van der Waals surface area contributed by atoms with Crippen LogP contribution in [0.25, 0.3) is 0 Å². The minimum atomic E-state index is -0.231. The van der Waals surface area contributed by atoms with E-state index in [9.17, 15) is 9.59 Å². The largest absolute Gasteiger partial charge is 0.327 e. The van der Waals surface area contributed by atoms with Crippen LogP contribution in [0.4, 0.5) is 11.4 Å². The number of carbonyl (C=O) groups is 2. The van der Waals surface area contributed by atoms with Crippen LogP contribution in [-0.2, 0) is 4.79 Å². The van der Waals surface area contributed by atoms with Gasteiger partial charge in [-0.1, -0.05) is 37.3 Å². The van der Waals surface area contributed by atoms with Gasteiger partial charge in [0, 0.05) is 11.6 Å². The molecule has 5 heteroatoms. The van der Waals surface area contributed by atoms with E-state index >= 15 is 0 Å². The van der Waals surface area contributed by atoms with Gasteiger partial charge in [-0.3, -0.25) is 9.59 Å². The molecule has 2 atom stereocenters. The predicted molar refractivity (Wildman–Crippen MR) is 103 cm³/mol. The van der Waals surface area contributed by atoms with Crippen molar-refractivity contribution in [3.63, 3.8) is 0 Å². The molecule has 1 aliphatic heterocycles. The molecule has 0 aromatic heterocycles. The Labute approximate surface area is 154 Å². The van der Waals surface area contributed by atoms with E-state index in [0.717, 1.165) is 18.8 Å². The van der Waals surface area contributed by atoms with E-state index in [1.807, 2.05) is 36.4 Å². The van der Waals surface area contributed by atoms with E-state index in [4.69, 9.17) is 0 Å². The van der Waals surface area contributed by atoms with E-state index in [-0.39, 0.29) is 11.8 Å². The maximum Gasteiger partial charge on any atom is 0.279 e. The number of para-hydroxylation sites is 2.